The van der Waals surface area contributed by atoms with Crippen LogP contribution < -0.4 is 0 Å². The molecule has 0 aliphatic carbocycles. The summed E-state index contributed by atoms with van der Waals surface area (Å²) in [5.74, 6) is -0.895. The summed E-state index contributed by atoms with van der Waals surface area (Å²) >= 11 is 1.41. The van der Waals surface area contributed by atoms with Crippen molar-refractivity contribution in [3.8, 4) is 10.4 Å². The van der Waals surface area contributed by atoms with Gasteiger partial charge in [-0.3, -0.25) is 0 Å². The molecular formula is C10H8O3S. The van der Waals surface area contributed by atoms with Crippen LogP contribution in [0.1, 0.15) is 15.9 Å². The summed E-state index contributed by atoms with van der Waals surface area (Å²) in [7, 11) is 0. The van der Waals surface area contributed by atoms with E-state index in [0.29, 0.717) is 5.56 Å². The average Bonchev–Trinajstić information content (AvgIpc) is 2.71. The van der Waals surface area contributed by atoms with Crippen LogP contribution in [0.3, 0.4) is 0 Å². The van der Waals surface area contributed by atoms with E-state index in [1.807, 2.05) is 6.92 Å². The molecule has 0 aliphatic heterocycles. The first-order chi connectivity index (χ1) is 6.68. The van der Waals surface area contributed by atoms with Gasteiger partial charge >= 0.3 is 5.97 Å². The molecule has 2 heterocycles. The molecule has 0 saturated heterocycles. The van der Waals surface area contributed by atoms with Gasteiger partial charge in [0.05, 0.1) is 18.1 Å². The second-order valence-electron chi connectivity index (χ2n) is 2.97. The summed E-state index contributed by atoms with van der Waals surface area (Å²) < 4.78 is 5.03. The minimum atomic E-state index is -0.895. The van der Waals surface area contributed by atoms with E-state index in [-0.39, 0.29) is 0 Å². The third-order valence-electron chi connectivity index (χ3n) is 1.97. The number of furan rings is 1. The highest BCUT2D eigenvalue weighted by Crippen LogP contribution is 2.30. The number of hydrogen-bond donors (Lipinski definition) is 1. The Balaban J connectivity index is 2.43. The van der Waals surface area contributed by atoms with Gasteiger partial charge in [-0.15, -0.1) is 11.3 Å². The predicted octanol–water partition coefficient (Wildman–Crippen LogP) is 3.01. The highest BCUT2D eigenvalue weighted by Gasteiger charge is 2.10. The average molecular weight is 208 g/mol. The van der Waals surface area contributed by atoms with Gasteiger partial charge in [0, 0.05) is 15.8 Å². The van der Waals surface area contributed by atoms with Crippen molar-refractivity contribution >= 4 is 17.3 Å². The van der Waals surface area contributed by atoms with E-state index in [4.69, 9.17) is 9.52 Å². The van der Waals surface area contributed by atoms with Gasteiger partial charge in [-0.25, -0.2) is 4.79 Å². The van der Waals surface area contributed by atoms with Crippen LogP contribution in [-0.2, 0) is 0 Å². The van der Waals surface area contributed by atoms with Gasteiger partial charge < -0.3 is 9.52 Å². The van der Waals surface area contributed by atoms with Gasteiger partial charge in [-0.1, -0.05) is 0 Å². The van der Waals surface area contributed by atoms with Crippen LogP contribution in [0.5, 0.6) is 0 Å². The fourth-order valence-electron chi connectivity index (χ4n) is 1.20. The first kappa shape index (κ1) is 9.02. The molecule has 0 unspecified atom stereocenters. The lowest BCUT2D eigenvalue weighted by atomic mass is 10.2. The third-order valence-corrected chi connectivity index (χ3v) is 2.93. The zero-order chi connectivity index (χ0) is 10.1. The van der Waals surface area contributed by atoms with Crippen molar-refractivity contribution in [2.75, 3.05) is 0 Å². The fourth-order valence-corrected chi connectivity index (χ4v) is 2.16. The van der Waals surface area contributed by atoms with Gasteiger partial charge in [0.2, 0.25) is 0 Å². The number of aromatic carboxylic acids is 1. The summed E-state index contributed by atoms with van der Waals surface area (Å²) in [6.07, 6.45) is 3.28. The van der Waals surface area contributed by atoms with Gasteiger partial charge in [-0.05, 0) is 18.6 Å². The molecule has 14 heavy (non-hydrogen) atoms. The number of carbonyl (C=O) groups is 1. The standard InChI is InChI=1S/C10H8O3S/c1-6-3-13-4-8(6)9-2-7(5-14-9)10(11)12/h2-5H,1H3,(H,11,12). The van der Waals surface area contributed by atoms with Crippen molar-refractivity contribution in [1.82, 2.24) is 0 Å². The Hall–Kier alpha value is -1.55. The van der Waals surface area contributed by atoms with Crippen molar-refractivity contribution in [2.24, 2.45) is 0 Å². The molecule has 0 fully saturated rings. The summed E-state index contributed by atoms with van der Waals surface area (Å²) in [5.41, 5.74) is 2.30. The summed E-state index contributed by atoms with van der Waals surface area (Å²) in [4.78, 5) is 11.6. The minimum absolute atomic E-state index is 0.325. The molecule has 3 nitrogen and oxygen atoms in total. The maximum Gasteiger partial charge on any atom is 0.336 e. The maximum absolute atomic E-state index is 10.7. The monoisotopic (exact) mass is 208 g/mol. The van der Waals surface area contributed by atoms with Crippen LogP contribution in [0.4, 0.5) is 0 Å². The smallest absolute Gasteiger partial charge is 0.336 e. The minimum Gasteiger partial charge on any atom is -0.478 e. The molecule has 0 saturated carbocycles. The van der Waals surface area contributed by atoms with E-state index >= 15 is 0 Å². The summed E-state index contributed by atoms with van der Waals surface area (Å²) in [6.45, 7) is 1.93. The van der Waals surface area contributed by atoms with Crippen molar-refractivity contribution in [3.05, 3.63) is 35.1 Å². The Labute approximate surface area is 84.6 Å². The Morgan fingerprint density at radius 2 is 2.29 bits per heavy atom. The second-order valence-corrected chi connectivity index (χ2v) is 3.88. The fraction of sp³-hybridized carbons (Fsp3) is 0.100. The first-order valence-electron chi connectivity index (χ1n) is 4.03. The molecule has 2 rings (SSSR count). The van der Waals surface area contributed by atoms with Gasteiger partial charge in [0.25, 0.3) is 0 Å². The zero-order valence-electron chi connectivity index (χ0n) is 7.48. The van der Waals surface area contributed by atoms with Crippen LogP contribution in [0.15, 0.2) is 28.4 Å². The third kappa shape index (κ3) is 1.44. The first-order valence-corrected chi connectivity index (χ1v) is 4.91. The van der Waals surface area contributed by atoms with E-state index in [9.17, 15) is 4.79 Å². The molecule has 0 bridgehead atoms. The second kappa shape index (κ2) is 3.31. The Morgan fingerprint density at radius 1 is 1.50 bits per heavy atom. The van der Waals surface area contributed by atoms with Gasteiger partial charge in [0.1, 0.15) is 0 Å². The largest absolute Gasteiger partial charge is 0.478 e. The Bertz CT molecular complexity index is 467. The van der Waals surface area contributed by atoms with Crippen molar-refractivity contribution in [1.29, 1.82) is 0 Å². The van der Waals surface area contributed by atoms with Crippen LogP contribution in [-0.4, -0.2) is 11.1 Å². The number of aryl methyl sites for hydroxylation is 1. The topological polar surface area (TPSA) is 50.4 Å². The molecule has 1 N–H and O–H groups in total. The molecule has 0 amide bonds. The molecule has 4 heteroatoms. The number of carboxylic acid groups (broad SMARTS) is 1. The molecule has 0 radical (unpaired) electrons. The molecule has 2 aromatic rings. The summed E-state index contributed by atoms with van der Waals surface area (Å²) in [6, 6.07) is 1.66. The maximum atomic E-state index is 10.7. The van der Waals surface area contributed by atoms with Crippen molar-refractivity contribution in [2.45, 2.75) is 6.92 Å². The number of carboxylic acids is 1. The molecule has 2 aromatic heterocycles. The Kier molecular flexibility index (Phi) is 2.13. The van der Waals surface area contributed by atoms with Crippen LogP contribution >= 0.6 is 11.3 Å². The van der Waals surface area contributed by atoms with E-state index < -0.39 is 5.97 Å². The SMILES string of the molecule is Cc1cocc1-c1cc(C(=O)O)cs1. The van der Waals surface area contributed by atoms with E-state index in [1.165, 1.54) is 11.3 Å². The molecular weight excluding hydrogens is 200 g/mol. The zero-order valence-corrected chi connectivity index (χ0v) is 8.30. The van der Waals surface area contributed by atoms with Crippen molar-refractivity contribution < 1.29 is 14.3 Å². The normalized spacial score (nSPS) is 10.4. The molecule has 0 aromatic carbocycles. The Morgan fingerprint density at radius 3 is 2.79 bits per heavy atom. The lowest BCUT2D eigenvalue weighted by molar-refractivity contribution is 0.0697. The van der Waals surface area contributed by atoms with Gasteiger partial charge in [0.15, 0.2) is 0 Å². The number of rotatable bonds is 2. The number of thiophene rings is 1. The molecule has 72 valence electrons. The van der Waals surface area contributed by atoms with Crippen LogP contribution in [0.25, 0.3) is 10.4 Å². The van der Waals surface area contributed by atoms with E-state index in [1.54, 1.807) is 24.0 Å². The lowest BCUT2D eigenvalue weighted by Crippen LogP contribution is -1.91. The molecule has 0 aliphatic rings. The van der Waals surface area contributed by atoms with E-state index in [2.05, 4.69) is 0 Å². The van der Waals surface area contributed by atoms with E-state index in [0.717, 1.165) is 16.0 Å². The molecule has 0 atom stereocenters. The predicted molar refractivity (Wildman–Crippen MR) is 53.7 cm³/mol. The quantitative estimate of drug-likeness (QED) is 0.825. The van der Waals surface area contributed by atoms with Crippen LogP contribution in [0.2, 0.25) is 0 Å². The molecule has 0 spiro atoms. The lowest BCUT2D eigenvalue weighted by Gasteiger charge is -1.90. The van der Waals surface area contributed by atoms with Gasteiger partial charge in [-0.2, -0.15) is 0 Å². The summed E-state index contributed by atoms with van der Waals surface area (Å²) in [5, 5.41) is 10.4. The van der Waals surface area contributed by atoms with Crippen molar-refractivity contribution in [3.63, 3.8) is 0 Å². The highest BCUT2D eigenvalue weighted by atomic mass is 32.1. The van der Waals surface area contributed by atoms with Crippen LogP contribution in [0, 0.1) is 6.92 Å². The number of hydrogen-bond acceptors (Lipinski definition) is 3. The highest BCUT2D eigenvalue weighted by molar-refractivity contribution is 7.13.